The van der Waals surface area contributed by atoms with Crippen LogP contribution in [0.25, 0.3) is 0 Å². The third-order valence-electron chi connectivity index (χ3n) is 4.43. The number of nitrogens with one attached hydrogen (secondary N) is 1. The SMILES string of the molecule is CC(C)Cc1cccc(C(NN)C2Cc3ccccc32)c1. The van der Waals surface area contributed by atoms with Gasteiger partial charge in [0.2, 0.25) is 0 Å². The molecule has 2 aromatic carbocycles. The van der Waals surface area contributed by atoms with E-state index in [1.807, 2.05) is 0 Å². The van der Waals surface area contributed by atoms with Crippen molar-refractivity contribution in [1.29, 1.82) is 0 Å². The molecule has 3 N–H and O–H groups in total. The van der Waals surface area contributed by atoms with Crippen LogP contribution in [0.4, 0.5) is 0 Å². The minimum absolute atomic E-state index is 0.201. The van der Waals surface area contributed by atoms with Crippen molar-refractivity contribution in [2.24, 2.45) is 11.8 Å². The van der Waals surface area contributed by atoms with Crippen molar-refractivity contribution in [3.05, 3.63) is 70.8 Å². The van der Waals surface area contributed by atoms with Gasteiger partial charge in [-0.2, -0.15) is 0 Å². The predicted molar refractivity (Wildman–Crippen MR) is 87.9 cm³/mol. The van der Waals surface area contributed by atoms with E-state index in [0.29, 0.717) is 11.8 Å². The molecular weight excluding hydrogens is 256 g/mol. The lowest BCUT2D eigenvalue weighted by atomic mass is 9.72. The van der Waals surface area contributed by atoms with Crippen molar-refractivity contribution < 1.29 is 0 Å². The van der Waals surface area contributed by atoms with Crippen LogP contribution in [0.15, 0.2) is 48.5 Å². The highest BCUT2D eigenvalue weighted by molar-refractivity contribution is 5.43. The molecule has 21 heavy (non-hydrogen) atoms. The van der Waals surface area contributed by atoms with Crippen molar-refractivity contribution in [3.63, 3.8) is 0 Å². The summed E-state index contributed by atoms with van der Waals surface area (Å²) in [5, 5.41) is 0. The van der Waals surface area contributed by atoms with E-state index in [9.17, 15) is 0 Å². The molecule has 0 heterocycles. The fourth-order valence-electron chi connectivity index (χ4n) is 3.42. The van der Waals surface area contributed by atoms with Crippen molar-refractivity contribution >= 4 is 0 Å². The second-order valence-electron chi connectivity index (χ2n) is 6.50. The lowest BCUT2D eigenvalue weighted by Crippen LogP contribution is -2.37. The van der Waals surface area contributed by atoms with Crippen LogP contribution in [-0.2, 0) is 12.8 Å². The van der Waals surface area contributed by atoms with E-state index in [-0.39, 0.29) is 6.04 Å². The van der Waals surface area contributed by atoms with Crippen LogP contribution in [0.3, 0.4) is 0 Å². The van der Waals surface area contributed by atoms with Crippen LogP contribution >= 0.6 is 0 Å². The Balaban J connectivity index is 1.85. The Morgan fingerprint density at radius 1 is 1.14 bits per heavy atom. The summed E-state index contributed by atoms with van der Waals surface area (Å²) in [6.07, 6.45) is 2.23. The lowest BCUT2D eigenvalue weighted by molar-refractivity contribution is 0.419. The summed E-state index contributed by atoms with van der Waals surface area (Å²) in [7, 11) is 0. The summed E-state index contributed by atoms with van der Waals surface area (Å²) in [6.45, 7) is 4.51. The summed E-state index contributed by atoms with van der Waals surface area (Å²) in [6, 6.07) is 17.7. The molecule has 2 atom stereocenters. The van der Waals surface area contributed by atoms with Crippen LogP contribution < -0.4 is 11.3 Å². The van der Waals surface area contributed by atoms with Gasteiger partial charge in [0.05, 0.1) is 6.04 Å². The highest BCUT2D eigenvalue weighted by atomic mass is 15.2. The molecule has 0 aromatic heterocycles. The molecule has 0 aliphatic heterocycles. The zero-order chi connectivity index (χ0) is 14.8. The molecule has 0 bridgehead atoms. The molecule has 3 rings (SSSR count). The zero-order valence-corrected chi connectivity index (χ0v) is 12.8. The summed E-state index contributed by atoms with van der Waals surface area (Å²) in [5.41, 5.74) is 8.64. The van der Waals surface area contributed by atoms with Gasteiger partial charge in [-0.05, 0) is 41.0 Å². The molecule has 0 saturated carbocycles. The molecule has 0 amide bonds. The molecule has 0 fully saturated rings. The second-order valence-corrected chi connectivity index (χ2v) is 6.50. The molecule has 2 heteroatoms. The van der Waals surface area contributed by atoms with Crippen LogP contribution in [0.1, 0.15) is 48.1 Å². The predicted octanol–water partition coefficient (Wildman–Crippen LogP) is 3.73. The van der Waals surface area contributed by atoms with Gasteiger partial charge in [-0.1, -0.05) is 62.4 Å². The topological polar surface area (TPSA) is 38.0 Å². The van der Waals surface area contributed by atoms with Crippen molar-refractivity contribution in [1.82, 2.24) is 5.43 Å². The quantitative estimate of drug-likeness (QED) is 0.647. The van der Waals surface area contributed by atoms with E-state index in [2.05, 4.69) is 67.8 Å². The second kappa shape index (κ2) is 6.00. The first kappa shape index (κ1) is 14.3. The third kappa shape index (κ3) is 2.87. The first-order valence-corrected chi connectivity index (χ1v) is 7.82. The zero-order valence-electron chi connectivity index (χ0n) is 12.8. The average Bonchev–Trinajstić information content (AvgIpc) is 2.44. The summed E-state index contributed by atoms with van der Waals surface area (Å²) in [5.74, 6) is 7.04. The van der Waals surface area contributed by atoms with Crippen LogP contribution in [-0.4, -0.2) is 0 Å². The molecule has 0 saturated heterocycles. The average molecular weight is 280 g/mol. The number of nitrogens with two attached hydrogens (primary N) is 1. The Morgan fingerprint density at radius 2 is 1.95 bits per heavy atom. The number of benzene rings is 2. The molecule has 0 spiro atoms. The number of hydrogen-bond acceptors (Lipinski definition) is 2. The van der Waals surface area contributed by atoms with E-state index in [1.165, 1.54) is 22.3 Å². The van der Waals surface area contributed by atoms with E-state index >= 15 is 0 Å². The van der Waals surface area contributed by atoms with Gasteiger partial charge in [-0.15, -0.1) is 0 Å². The highest BCUT2D eigenvalue weighted by Gasteiger charge is 2.33. The third-order valence-corrected chi connectivity index (χ3v) is 4.43. The van der Waals surface area contributed by atoms with Crippen LogP contribution in [0.5, 0.6) is 0 Å². The molecule has 0 radical (unpaired) electrons. The normalized spacial score (nSPS) is 18.2. The largest absolute Gasteiger partial charge is 0.271 e. The highest BCUT2D eigenvalue weighted by Crippen LogP contribution is 2.43. The molecule has 1 aliphatic carbocycles. The summed E-state index contributed by atoms with van der Waals surface area (Å²) >= 11 is 0. The first-order chi connectivity index (χ1) is 10.2. The Morgan fingerprint density at radius 3 is 2.67 bits per heavy atom. The molecule has 110 valence electrons. The van der Waals surface area contributed by atoms with Gasteiger partial charge < -0.3 is 0 Å². The fraction of sp³-hybridized carbons (Fsp3) is 0.368. The minimum Gasteiger partial charge on any atom is -0.271 e. The Kier molecular flexibility index (Phi) is 4.09. The van der Waals surface area contributed by atoms with E-state index in [0.717, 1.165) is 12.8 Å². The van der Waals surface area contributed by atoms with Crippen LogP contribution in [0, 0.1) is 5.92 Å². The molecule has 2 aromatic rings. The van der Waals surface area contributed by atoms with E-state index in [1.54, 1.807) is 0 Å². The van der Waals surface area contributed by atoms with E-state index < -0.39 is 0 Å². The van der Waals surface area contributed by atoms with Gasteiger partial charge in [0.1, 0.15) is 0 Å². The van der Waals surface area contributed by atoms with Gasteiger partial charge in [-0.25, -0.2) is 0 Å². The minimum atomic E-state index is 0.201. The molecule has 2 unspecified atom stereocenters. The summed E-state index contributed by atoms with van der Waals surface area (Å²) < 4.78 is 0. The maximum Gasteiger partial charge on any atom is 0.0531 e. The molecule has 2 nitrogen and oxygen atoms in total. The Hall–Kier alpha value is -1.64. The van der Waals surface area contributed by atoms with Gasteiger partial charge in [-0.3, -0.25) is 11.3 Å². The lowest BCUT2D eigenvalue weighted by Gasteiger charge is -2.36. The summed E-state index contributed by atoms with van der Waals surface area (Å²) in [4.78, 5) is 0. The maximum absolute atomic E-state index is 5.87. The maximum atomic E-state index is 5.87. The van der Waals surface area contributed by atoms with Crippen molar-refractivity contribution in [2.45, 2.75) is 38.6 Å². The molecule has 1 aliphatic rings. The number of hydrogen-bond donors (Lipinski definition) is 2. The smallest absolute Gasteiger partial charge is 0.0531 e. The first-order valence-electron chi connectivity index (χ1n) is 7.82. The van der Waals surface area contributed by atoms with Crippen molar-refractivity contribution in [2.75, 3.05) is 0 Å². The van der Waals surface area contributed by atoms with Crippen LogP contribution in [0.2, 0.25) is 0 Å². The van der Waals surface area contributed by atoms with Gasteiger partial charge in [0, 0.05) is 5.92 Å². The number of rotatable bonds is 5. The number of fused-ring (bicyclic) bond motifs is 1. The van der Waals surface area contributed by atoms with Gasteiger partial charge in [0.15, 0.2) is 0 Å². The van der Waals surface area contributed by atoms with Crippen molar-refractivity contribution in [3.8, 4) is 0 Å². The molecular formula is C19H24N2. The standard InChI is InChI=1S/C19H24N2/c1-13(2)10-14-6-5-8-16(11-14)19(21-20)18-12-15-7-3-4-9-17(15)18/h3-9,11,13,18-19,21H,10,12,20H2,1-2H3. The Labute approximate surface area is 127 Å². The number of hydrazine groups is 1. The van der Waals surface area contributed by atoms with Gasteiger partial charge in [0.25, 0.3) is 0 Å². The Bertz CT molecular complexity index is 618. The monoisotopic (exact) mass is 280 g/mol. The fourth-order valence-corrected chi connectivity index (χ4v) is 3.42. The van der Waals surface area contributed by atoms with E-state index in [4.69, 9.17) is 5.84 Å². The van der Waals surface area contributed by atoms with Gasteiger partial charge >= 0.3 is 0 Å².